The average Bonchev–Trinajstić information content (AvgIpc) is 2.59. The van der Waals surface area contributed by atoms with E-state index in [0.717, 1.165) is 43.3 Å². The summed E-state index contributed by atoms with van der Waals surface area (Å²) in [5.41, 5.74) is -2.39. The van der Waals surface area contributed by atoms with Gasteiger partial charge in [0.2, 0.25) is 11.8 Å². The molecule has 2 rings (SSSR count). The predicted octanol–water partition coefficient (Wildman–Crippen LogP) is 4.73. The Labute approximate surface area is 161 Å². The van der Waals surface area contributed by atoms with Crippen molar-refractivity contribution < 1.29 is 35.9 Å². The summed E-state index contributed by atoms with van der Waals surface area (Å²) in [7, 11) is 0. The number of benzene rings is 2. The fraction of sp³-hybridized carbons (Fsp3) is 0.222. The van der Waals surface area contributed by atoms with Crippen molar-refractivity contribution in [2.75, 3.05) is 22.5 Å². The normalized spacial score (nSPS) is 11.7. The number of rotatable bonds is 5. The SMILES string of the molecule is CC(=O)Nc1ccc(NCC(=O)Nc2ccc(C(F)(F)F)cc2)c(C(F)(F)F)c1. The zero-order valence-corrected chi connectivity index (χ0v) is 14.8. The number of alkyl halides is 6. The van der Waals surface area contributed by atoms with Gasteiger partial charge < -0.3 is 16.0 Å². The number of hydrogen-bond donors (Lipinski definition) is 3. The third-order valence-electron chi connectivity index (χ3n) is 3.58. The lowest BCUT2D eigenvalue weighted by Gasteiger charge is -2.16. The van der Waals surface area contributed by atoms with Gasteiger partial charge in [0.25, 0.3) is 0 Å². The molecule has 0 saturated carbocycles. The summed E-state index contributed by atoms with van der Waals surface area (Å²) >= 11 is 0. The number of halogens is 6. The second-order valence-corrected chi connectivity index (χ2v) is 5.92. The molecule has 0 fully saturated rings. The molecule has 2 aromatic carbocycles. The molecule has 29 heavy (non-hydrogen) atoms. The molecule has 0 aromatic heterocycles. The Morgan fingerprint density at radius 2 is 1.41 bits per heavy atom. The van der Waals surface area contributed by atoms with E-state index in [1.807, 2.05) is 0 Å². The fourth-order valence-electron chi connectivity index (χ4n) is 2.34. The van der Waals surface area contributed by atoms with E-state index < -0.39 is 47.5 Å². The second-order valence-electron chi connectivity index (χ2n) is 5.92. The van der Waals surface area contributed by atoms with Crippen molar-refractivity contribution in [1.29, 1.82) is 0 Å². The van der Waals surface area contributed by atoms with Gasteiger partial charge in [-0.3, -0.25) is 9.59 Å². The monoisotopic (exact) mass is 419 g/mol. The molecule has 0 bridgehead atoms. The molecule has 0 heterocycles. The smallest absolute Gasteiger partial charge is 0.376 e. The second kappa shape index (κ2) is 8.41. The topological polar surface area (TPSA) is 70.2 Å². The van der Waals surface area contributed by atoms with Gasteiger partial charge in [-0.15, -0.1) is 0 Å². The van der Waals surface area contributed by atoms with Gasteiger partial charge in [-0.25, -0.2) is 0 Å². The maximum atomic E-state index is 13.2. The molecule has 5 nitrogen and oxygen atoms in total. The zero-order chi connectivity index (χ0) is 21.8. The van der Waals surface area contributed by atoms with Crippen LogP contribution in [-0.2, 0) is 21.9 Å². The molecule has 0 atom stereocenters. The number of amides is 2. The first-order valence-electron chi connectivity index (χ1n) is 8.06. The summed E-state index contributed by atoms with van der Waals surface area (Å²) in [4.78, 5) is 22.9. The summed E-state index contributed by atoms with van der Waals surface area (Å²) in [6.45, 7) is 0.578. The standard InChI is InChI=1S/C18H15F6N3O2/c1-10(28)26-13-6-7-15(14(8-13)18(22,23)24)25-9-16(29)27-12-4-2-11(3-5-12)17(19,20)21/h2-8,25H,9H2,1H3,(H,26,28)(H,27,29). The molecular formula is C18H15F6N3O2. The summed E-state index contributed by atoms with van der Waals surface area (Å²) in [5.74, 6) is -1.31. The number of carbonyl (C=O) groups is 2. The lowest BCUT2D eigenvalue weighted by molar-refractivity contribution is -0.138. The molecule has 156 valence electrons. The van der Waals surface area contributed by atoms with Crippen LogP contribution in [0.3, 0.4) is 0 Å². The first kappa shape index (κ1) is 22.1. The van der Waals surface area contributed by atoms with Crippen LogP contribution >= 0.6 is 0 Å². The summed E-state index contributed by atoms with van der Waals surface area (Å²) in [5, 5.41) is 6.84. The van der Waals surface area contributed by atoms with Crippen molar-refractivity contribution in [3.8, 4) is 0 Å². The minimum absolute atomic E-state index is 0.0573. The highest BCUT2D eigenvalue weighted by atomic mass is 19.4. The predicted molar refractivity (Wildman–Crippen MR) is 94.3 cm³/mol. The Hall–Kier alpha value is -3.24. The van der Waals surface area contributed by atoms with E-state index in [0.29, 0.717) is 0 Å². The fourth-order valence-corrected chi connectivity index (χ4v) is 2.34. The van der Waals surface area contributed by atoms with Gasteiger partial charge in [0.05, 0.1) is 17.7 Å². The highest BCUT2D eigenvalue weighted by Crippen LogP contribution is 2.36. The highest BCUT2D eigenvalue weighted by Gasteiger charge is 2.34. The van der Waals surface area contributed by atoms with Crippen molar-refractivity contribution in [2.24, 2.45) is 0 Å². The Balaban J connectivity index is 2.06. The summed E-state index contributed by atoms with van der Waals surface area (Å²) in [6.07, 6.45) is -9.28. The molecule has 0 radical (unpaired) electrons. The average molecular weight is 419 g/mol. The van der Waals surface area contributed by atoms with Crippen LogP contribution in [0.15, 0.2) is 42.5 Å². The first-order valence-corrected chi connectivity index (χ1v) is 8.06. The molecule has 3 N–H and O–H groups in total. The minimum Gasteiger partial charge on any atom is -0.376 e. The van der Waals surface area contributed by atoms with Crippen molar-refractivity contribution in [1.82, 2.24) is 0 Å². The number of carbonyl (C=O) groups excluding carboxylic acids is 2. The number of nitrogens with one attached hydrogen (secondary N) is 3. The van der Waals surface area contributed by atoms with Gasteiger partial charge in [-0.2, -0.15) is 26.3 Å². The molecule has 0 aliphatic rings. The molecule has 11 heteroatoms. The van der Waals surface area contributed by atoms with Gasteiger partial charge in [0.1, 0.15) is 0 Å². The van der Waals surface area contributed by atoms with Crippen LogP contribution in [0.1, 0.15) is 18.1 Å². The molecule has 0 aliphatic heterocycles. The van der Waals surface area contributed by atoms with Gasteiger partial charge in [-0.05, 0) is 42.5 Å². The Bertz CT molecular complexity index is 892. The third-order valence-corrected chi connectivity index (χ3v) is 3.58. The number of anilines is 3. The van der Waals surface area contributed by atoms with Crippen molar-refractivity contribution in [3.63, 3.8) is 0 Å². The molecule has 2 aromatic rings. The first-order chi connectivity index (χ1) is 13.4. The van der Waals surface area contributed by atoms with E-state index in [1.165, 1.54) is 6.07 Å². The van der Waals surface area contributed by atoms with E-state index in [4.69, 9.17) is 0 Å². The lowest BCUT2D eigenvalue weighted by atomic mass is 10.1. The van der Waals surface area contributed by atoms with E-state index in [-0.39, 0.29) is 11.4 Å². The molecular weight excluding hydrogens is 404 g/mol. The van der Waals surface area contributed by atoms with Crippen molar-refractivity contribution >= 4 is 28.9 Å². The maximum absolute atomic E-state index is 13.2. The van der Waals surface area contributed by atoms with Crippen LogP contribution in [0.4, 0.5) is 43.4 Å². The van der Waals surface area contributed by atoms with Crippen LogP contribution in [0.5, 0.6) is 0 Å². The molecule has 0 spiro atoms. The number of hydrogen-bond acceptors (Lipinski definition) is 3. The summed E-state index contributed by atoms with van der Waals surface area (Å²) in [6, 6.07) is 6.61. The Kier molecular flexibility index (Phi) is 6.40. The summed E-state index contributed by atoms with van der Waals surface area (Å²) < 4.78 is 77.2. The lowest BCUT2D eigenvalue weighted by Crippen LogP contribution is -2.23. The van der Waals surface area contributed by atoms with E-state index in [9.17, 15) is 35.9 Å². The highest BCUT2D eigenvalue weighted by molar-refractivity contribution is 5.94. The van der Waals surface area contributed by atoms with Crippen LogP contribution in [-0.4, -0.2) is 18.4 Å². The van der Waals surface area contributed by atoms with Crippen molar-refractivity contribution in [3.05, 3.63) is 53.6 Å². The zero-order valence-electron chi connectivity index (χ0n) is 14.8. The molecule has 0 saturated heterocycles. The van der Waals surface area contributed by atoms with Crippen LogP contribution < -0.4 is 16.0 Å². The van der Waals surface area contributed by atoms with Crippen LogP contribution in [0.2, 0.25) is 0 Å². The molecule has 0 unspecified atom stereocenters. The van der Waals surface area contributed by atoms with E-state index in [1.54, 1.807) is 0 Å². The van der Waals surface area contributed by atoms with Crippen LogP contribution in [0.25, 0.3) is 0 Å². The Morgan fingerprint density at radius 1 is 0.828 bits per heavy atom. The van der Waals surface area contributed by atoms with E-state index in [2.05, 4.69) is 16.0 Å². The quantitative estimate of drug-likeness (QED) is 0.614. The van der Waals surface area contributed by atoms with Gasteiger partial charge >= 0.3 is 12.4 Å². The van der Waals surface area contributed by atoms with Gasteiger partial charge in [-0.1, -0.05) is 0 Å². The molecule has 0 aliphatic carbocycles. The maximum Gasteiger partial charge on any atom is 0.418 e. The third kappa shape index (κ3) is 6.40. The van der Waals surface area contributed by atoms with Gasteiger partial charge in [0.15, 0.2) is 0 Å². The van der Waals surface area contributed by atoms with Gasteiger partial charge in [0, 0.05) is 24.0 Å². The van der Waals surface area contributed by atoms with E-state index >= 15 is 0 Å². The van der Waals surface area contributed by atoms with Crippen molar-refractivity contribution in [2.45, 2.75) is 19.3 Å². The largest absolute Gasteiger partial charge is 0.418 e. The van der Waals surface area contributed by atoms with Crippen LogP contribution in [0, 0.1) is 0 Å². The Morgan fingerprint density at radius 3 is 1.93 bits per heavy atom. The minimum atomic E-state index is -4.75. The molecule has 2 amide bonds.